The summed E-state index contributed by atoms with van der Waals surface area (Å²) >= 11 is 5.24. The highest BCUT2D eigenvalue weighted by atomic mass is 32.1. The normalized spacial score (nSPS) is 16.8. The van der Waals surface area contributed by atoms with Crippen LogP contribution in [0.4, 0.5) is 0 Å². The second kappa shape index (κ2) is 8.89. The van der Waals surface area contributed by atoms with Crippen molar-refractivity contribution in [1.82, 2.24) is 10.6 Å². The molecule has 0 aromatic heterocycles. The van der Waals surface area contributed by atoms with Crippen LogP contribution in [0, 0.1) is 5.92 Å². The molecule has 0 amide bonds. The Labute approximate surface area is 159 Å². The third-order valence-electron chi connectivity index (χ3n) is 4.15. The Morgan fingerprint density at radius 2 is 2.00 bits per heavy atom. The Hall–Kier alpha value is -2.28. The predicted octanol–water partition coefficient (Wildman–Crippen LogP) is 3.09. The Kier molecular flexibility index (Phi) is 6.85. The first-order valence-electron chi connectivity index (χ1n) is 8.54. The molecule has 0 bridgehead atoms. The molecule has 2 rings (SSSR count). The molecule has 6 nitrogen and oxygen atoms in total. The first kappa shape index (κ1) is 20.0. The van der Waals surface area contributed by atoms with Crippen LogP contribution in [0.2, 0.25) is 0 Å². The maximum Gasteiger partial charge on any atom is 0.337 e. The number of methoxy groups -OCH3 is 2. The number of hydrogen-bond donors (Lipinski definition) is 2. The molecule has 0 aliphatic carbocycles. The van der Waals surface area contributed by atoms with Crippen LogP contribution >= 0.6 is 12.2 Å². The van der Waals surface area contributed by atoms with Gasteiger partial charge in [-0.15, -0.1) is 0 Å². The second-order valence-corrected chi connectivity index (χ2v) is 6.91. The molecule has 0 saturated carbocycles. The van der Waals surface area contributed by atoms with Crippen LogP contribution in [0.1, 0.15) is 38.8 Å². The summed E-state index contributed by atoms with van der Waals surface area (Å²) in [5.41, 5.74) is 1.99. The first-order valence-corrected chi connectivity index (χ1v) is 8.95. The van der Waals surface area contributed by atoms with E-state index in [1.165, 1.54) is 7.11 Å². The zero-order valence-corrected chi connectivity index (χ0v) is 16.7. The second-order valence-electron chi connectivity index (χ2n) is 6.50. The molecular weight excluding hydrogens is 352 g/mol. The van der Waals surface area contributed by atoms with E-state index in [9.17, 15) is 4.79 Å². The number of rotatable bonds is 7. The monoisotopic (exact) mass is 378 g/mol. The molecular formula is C19H26N2O4S. The Balaban J connectivity index is 2.33. The highest BCUT2D eigenvalue weighted by molar-refractivity contribution is 7.80. The number of allylic oxidation sites excluding steroid dienone is 1. The topological polar surface area (TPSA) is 68.8 Å². The molecule has 1 aromatic rings. The summed E-state index contributed by atoms with van der Waals surface area (Å²) in [5.74, 6) is 1.44. The quantitative estimate of drug-likeness (QED) is 0.558. The van der Waals surface area contributed by atoms with Crippen molar-refractivity contribution in [2.75, 3.05) is 20.8 Å². The van der Waals surface area contributed by atoms with Crippen molar-refractivity contribution in [1.29, 1.82) is 0 Å². The molecule has 1 heterocycles. The van der Waals surface area contributed by atoms with E-state index in [0.29, 0.717) is 40.4 Å². The van der Waals surface area contributed by atoms with Gasteiger partial charge in [-0.3, -0.25) is 0 Å². The summed E-state index contributed by atoms with van der Waals surface area (Å²) in [7, 11) is 2.95. The number of hydrogen-bond acceptors (Lipinski definition) is 5. The van der Waals surface area contributed by atoms with Crippen LogP contribution in [-0.2, 0) is 9.53 Å². The summed E-state index contributed by atoms with van der Waals surface area (Å²) in [6.07, 6.45) is 0.962. The molecule has 0 fully saturated rings. The zero-order chi connectivity index (χ0) is 19.3. The van der Waals surface area contributed by atoms with Gasteiger partial charge in [-0.1, -0.05) is 19.9 Å². The lowest BCUT2D eigenvalue weighted by atomic mass is 9.95. The maximum atomic E-state index is 12.2. The maximum absolute atomic E-state index is 12.2. The molecule has 1 aliphatic rings. The van der Waals surface area contributed by atoms with Crippen LogP contribution in [-0.4, -0.2) is 31.9 Å². The fourth-order valence-corrected chi connectivity index (χ4v) is 2.98. The van der Waals surface area contributed by atoms with Gasteiger partial charge in [0.25, 0.3) is 0 Å². The van der Waals surface area contributed by atoms with Gasteiger partial charge >= 0.3 is 5.97 Å². The average molecular weight is 378 g/mol. The van der Waals surface area contributed by atoms with Gasteiger partial charge < -0.3 is 24.8 Å². The number of benzene rings is 1. The van der Waals surface area contributed by atoms with Crippen LogP contribution in [0.15, 0.2) is 29.5 Å². The molecule has 1 aromatic carbocycles. The lowest BCUT2D eigenvalue weighted by Crippen LogP contribution is -2.45. The third kappa shape index (κ3) is 4.66. The summed E-state index contributed by atoms with van der Waals surface area (Å²) in [6, 6.07) is 5.18. The summed E-state index contributed by atoms with van der Waals surface area (Å²) in [6.45, 7) is 6.72. The summed E-state index contributed by atoms with van der Waals surface area (Å²) < 4.78 is 16.2. The number of esters is 1. The smallest absolute Gasteiger partial charge is 0.337 e. The Morgan fingerprint density at radius 1 is 1.27 bits per heavy atom. The van der Waals surface area contributed by atoms with E-state index in [1.807, 2.05) is 18.2 Å². The molecule has 0 saturated heterocycles. The highest BCUT2D eigenvalue weighted by Crippen LogP contribution is 2.34. The predicted molar refractivity (Wildman–Crippen MR) is 104 cm³/mol. The van der Waals surface area contributed by atoms with Crippen molar-refractivity contribution in [2.45, 2.75) is 33.2 Å². The number of carbonyl (C=O) groups is 1. The van der Waals surface area contributed by atoms with Crippen LogP contribution in [0.5, 0.6) is 11.5 Å². The minimum absolute atomic E-state index is 0.411. The third-order valence-corrected chi connectivity index (χ3v) is 4.37. The molecule has 1 unspecified atom stereocenters. The van der Waals surface area contributed by atoms with Crippen molar-refractivity contribution in [2.24, 2.45) is 5.92 Å². The molecule has 0 spiro atoms. The minimum atomic E-state index is -0.421. The number of carbonyl (C=O) groups excluding carboxylic acids is 1. The van der Waals surface area contributed by atoms with Gasteiger partial charge in [-0.05, 0) is 49.2 Å². The lowest BCUT2D eigenvalue weighted by molar-refractivity contribution is -0.136. The highest BCUT2D eigenvalue weighted by Gasteiger charge is 2.31. The van der Waals surface area contributed by atoms with E-state index < -0.39 is 12.0 Å². The fraction of sp³-hybridized carbons (Fsp3) is 0.474. The molecule has 0 radical (unpaired) electrons. The first-order chi connectivity index (χ1) is 12.4. The Morgan fingerprint density at radius 3 is 2.62 bits per heavy atom. The lowest BCUT2D eigenvalue weighted by Gasteiger charge is -2.30. The van der Waals surface area contributed by atoms with E-state index >= 15 is 0 Å². The van der Waals surface area contributed by atoms with Gasteiger partial charge in [0.05, 0.1) is 32.4 Å². The molecule has 2 N–H and O–H groups in total. The molecule has 1 atom stereocenters. The van der Waals surface area contributed by atoms with Gasteiger partial charge in [0.15, 0.2) is 16.6 Å². The van der Waals surface area contributed by atoms with E-state index in [-0.39, 0.29) is 0 Å². The van der Waals surface area contributed by atoms with Gasteiger partial charge in [0.2, 0.25) is 0 Å². The Bertz CT molecular complexity index is 715. The van der Waals surface area contributed by atoms with Gasteiger partial charge in [0.1, 0.15) is 0 Å². The molecule has 1 aliphatic heterocycles. The molecule has 7 heteroatoms. The number of nitrogens with one attached hydrogen (secondary N) is 2. The van der Waals surface area contributed by atoms with E-state index in [0.717, 1.165) is 12.0 Å². The van der Waals surface area contributed by atoms with Gasteiger partial charge in [0, 0.05) is 5.70 Å². The van der Waals surface area contributed by atoms with E-state index in [4.69, 9.17) is 26.4 Å². The number of ether oxygens (including phenoxy) is 3. The van der Waals surface area contributed by atoms with Gasteiger partial charge in [-0.25, -0.2) is 4.79 Å². The fourth-order valence-electron chi connectivity index (χ4n) is 2.71. The summed E-state index contributed by atoms with van der Waals surface area (Å²) in [5, 5.41) is 6.54. The largest absolute Gasteiger partial charge is 0.493 e. The van der Waals surface area contributed by atoms with Crippen molar-refractivity contribution in [3.05, 3.63) is 35.0 Å². The SMILES string of the molecule is COC(=O)C1=C(C)NC(=S)NC1c1ccc(OCCC(C)C)c(OC)c1. The van der Waals surface area contributed by atoms with Crippen molar-refractivity contribution < 1.29 is 19.0 Å². The zero-order valence-electron chi connectivity index (χ0n) is 15.8. The van der Waals surface area contributed by atoms with Crippen LogP contribution < -0.4 is 20.1 Å². The van der Waals surface area contributed by atoms with Crippen LogP contribution in [0.25, 0.3) is 0 Å². The van der Waals surface area contributed by atoms with E-state index in [2.05, 4.69) is 24.5 Å². The number of thiocarbonyl (C=S) groups is 1. The molecule has 26 heavy (non-hydrogen) atoms. The van der Waals surface area contributed by atoms with Crippen molar-refractivity contribution >= 4 is 23.3 Å². The van der Waals surface area contributed by atoms with Gasteiger partial charge in [-0.2, -0.15) is 0 Å². The summed E-state index contributed by atoms with van der Waals surface area (Å²) in [4.78, 5) is 12.2. The standard InChI is InChI=1S/C19H26N2O4S/c1-11(2)8-9-25-14-7-6-13(10-15(14)23-4)17-16(18(22)24-5)12(3)20-19(26)21-17/h6-7,10-11,17H,8-9H2,1-5H3,(H2,20,21,26). The molecule has 142 valence electrons. The van der Waals surface area contributed by atoms with E-state index in [1.54, 1.807) is 14.0 Å². The van der Waals surface area contributed by atoms with Crippen molar-refractivity contribution in [3.63, 3.8) is 0 Å². The van der Waals surface area contributed by atoms with Crippen LogP contribution in [0.3, 0.4) is 0 Å². The minimum Gasteiger partial charge on any atom is -0.493 e. The average Bonchev–Trinajstić information content (AvgIpc) is 2.60. The van der Waals surface area contributed by atoms with Crippen molar-refractivity contribution in [3.8, 4) is 11.5 Å².